The molecule has 0 rings (SSSR count). The summed E-state index contributed by atoms with van der Waals surface area (Å²) in [6.07, 6.45) is 2.27. The Morgan fingerprint density at radius 3 is 2.40 bits per heavy atom. The maximum absolute atomic E-state index is 8.81. The maximum Gasteiger partial charge on any atom is 0.0546 e. The largest absolute Gasteiger partial charge is 0.396 e. The zero-order valence-corrected chi connectivity index (χ0v) is 7.13. The van der Waals surface area contributed by atoms with Gasteiger partial charge in [-0.3, -0.25) is 0 Å². The van der Waals surface area contributed by atoms with Gasteiger partial charge in [0, 0.05) is 13.7 Å². The average Bonchev–Trinajstić information content (AvgIpc) is 1.99. The van der Waals surface area contributed by atoms with Crippen molar-refractivity contribution in [2.24, 2.45) is 5.92 Å². The van der Waals surface area contributed by atoms with E-state index in [1.807, 2.05) is 6.92 Å². The van der Waals surface area contributed by atoms with Gasteiger partial charge >= 0.3 is 0 Å². The fraction of sp³-hybridized carbons (Fsp3) is 1.00. The topological polar surface area (TPSA) is 29.5 Å². The van der Waals surface area contributed by atoms with Gasteiger partial charge in [-0.25, -0.2) is 0 Å². The van der Waals surface area contributed by atoms with E-state index in [2.05, 4.69) is 6.92 Å². The molecule has 0 aromatic rings. The Balaban J connectivity index is 3.41. The lowest BCUT2D eigenvalue weighted by molar-refractivity contribution is 0.0796. The molecule has 2 heteroatoms. The first-order chi connectivity index (χ1) is 4.74. The molecule has 0 saturated carbocycles. The van der Waals surface area contributed by atoms with Crippen LogP contribution < -0.4 is 0 Å². The third kappa shape index (κ3) is 3.85. The molecule has 2 atom stereocenters. The number of aliphatic hydroxyl groups excluding tert-OH is 1. The van der Waals surface area contributed by atoms with E-state index < -0.39 is 0 Å². The Morgan fingerprint density at radius 1 is 1.50 bits per heavy atom. The summed E-state index contributed by atoms with van der Waals surface area (Å²) in [5.41, 5.74) is 0. The van der Waals surface area contributed by atoms with Gasteiger partial charge in [0.2, 0.25) is 0 Å². The molecule has 0 radical (unpaired) electrons. The molecule has 0 fully saturated rings. The second-order valence-electron chi connectivity index (χ2n) is 2.74. The van der Waals surface area contributed by atoms with E-state index in [0.29, 0.717) is 5.92 Å². The lowest BCUT2D eigenvalue weighted by Gasteiger charge is -2.15. The SMILES string of the molecule is CCC(CO)CC(C)OC. The molecule has 0 aliphatic carbocycles. The molecule has 0 amide bonds. The highest BCUT2D eigenvalue weighted by Gasteiger charge is 2.08. The lowest BCUT2D eigenvalue weighted by atomic mass is 10.0. The van der Waals surface area contributed by atoms with Crippen molar-refractivity contribution in [3.05, 3.63) is 0 Å². The number of rotatable bonds is 5. The molecule has 2 unspecified atom stereocenters. The molecule has 2 nitrogen and oxygen atoms in total. The highest BCUT2D eigenvalue weighted by Crippen LogP contribution is 2.11. The van der Waals surface area contributed by atoms with E-state index in [0.717, 1.165) is 12.8 Å². The third-order valence-electron chi connectivity index (χ3n) is 1.90. The molecule has 62 valence electrons. The number of hydrogen-bond donors (Lipinski definition) is 1. The minimum absolute atomic E-state index is 0.275. The molecular weight excluding hydrogens is 128 g/mol. The Bertz CT molecular complexity index is 69.7. The normalized spacial score (nSPS) is 16.8. The van der Waals surface area contributed by atoms with Crippen LogP contribution in [-0.4, -0.2) is 24.9 Å². The van der Waals surface area contributed by atoms with Crippen LogP contribution in [0.4, 0.5) is 0 Å². The summed E-state index contributed by atoms with van der Waals surface area (Å²) in [6.45, 7) is 4.39. The first-order valence-electron chi connectivity index (χ1n) is 3.88. The maximum atomic E-state index is 8.81. The molecule has 0 bridgehead atoms. The smallest absolute Gasteiger partial charge is 0.0546 e. The average molecular weight is 146 g/mol. The zero-order chi connectivity index (χ0) is 7.98. The summed E-state index contributed by atoms with van der Waals surface area (Å²) >= 11 is 0. The fourth-order valence-corrected chi connectivity index (χ4v) is 0.936. The zero-order valence-electron chi connectivity index (χ0n) is 7.13. The van der Waals surface area contributed by atoms with Crippen LogP contribution in [-0.2, 0) is 4.74 Å². The number of aliphatic hydroxyl groups is 1. The van der Waals surface area contributed by atoms with Crippen LogP contribution in [0.3, 0.4) is 0 Å². The van der Waals surface area contributed by atoms with E-state index in [1.54, 1.807) is 7.11 Å². The minimum Gasteiger partial charge on any atom is -0.396 e. The highest BCUT2D eigenvalue weighted by atomic mass is 16.5. The van der Waals surface area contributed by atoms with Crippen LogP contribution in [0.2, 0.25) is 0 Å². The van der Waals surface area contributed by atoms with Gasteiger partial charge in [-0.2, -0.15) is 0 Å². The van der Waals surface area contributed by atoms with Gasteiger partial charge < -0.3 is 9.84 Å². The van der Waals surface area contributed by atoms with E-state index in [1.165, 1.54) is 0 Å². The third-order valence-corrected chi connectivity index (χ3v) is 1.90. The standard InChI is InChI=1S/C8H18O2/c1-4-8(6-9)5-7(2)10-3/h7-9H,4-6H2,1-3H3. The number of methoxy groups -OCH3 is 1. The molecule has 0 saturated heterocycles. The summed E-state index contributed by atoms with van der Waals surface area (Å²) in [5, 5.41) is 8.81. The Hall–Kier alpha value is -0.0800. The van der Waals surface area contributed by atoms with Crippen LogP contribution in [0.15, 0.2) is 0 Å². The first-order valence-corrected chi connectivity index (χ1v) is 3.88. The van der Waals surface area contributed by atoms with Crippen LogP contribution in [0.25, 0.3) is 0 Å². The summed E-state index contributed by atoms with van der Waals surface area (Å²) < 4.78 is 5.07. The molecule has 0 aromatic heterocycles. The summed E-state index contributed by atoms with van der Waals surface area (Å²) in [7, 11) is 1.70. The minimum atomic E-state index is 0.275. The highest BCUT2D eigenvalue weighted by molar-refractivity contribution is 4.59. The van der Waals surface area contributed by atoms with Crippen LogP contribution in [0.1, 0.15) is 26.7 Å². The second kappa shape index (κ2) is 5.69. The van der Waals surface area contributed by atoms with Gasteiger partial charge in [-0.05, 0) is 19.3 Å². The molecule has 0 heterocycles. The van der Waals surface area contributed by atoms with Crippen molar-refractivity contribution in [2.75, 3.05) is 13.7 Å². The first kappa shape index (κ1) is 9.92. The molecule has 0 aliphatic rings. The molecular formula is C8H18O2. The van der Waals surface area contributed by atoms with Crippen molar-refractivity contribution in [1.29, 1.82) is 0 Å². The molecule has 0 aromatic carbocycles. The van der Waals surface area contributed by atoms with Crippen LogP contribution in [0.5, 0.6) is 0 Å². The lowest BCUT2D eigenvalue weighted by Crippen LogP contribution is -2.14. The van der Waals surface area contributed by atoms with Crippen molar-refractivity contribution in [2.45, 2.75) is 32.8 Å². The van der Waals surface area contributed by atoms with E-state index in [9.17, 15) is 0 Å². The van der Waals surface area contributed by atoms with Crippen LogP contribution in [0, 0.1) is 5.92 Å². The summed E-state index contributed by atoms with van der Waals surface area (Å²) in [5.74, 6) is 0.412. The molecule has 0 aliphatic heterocycles. The molecule has 0 spiro atoms. The van der Waals surface area contributed by atoms with Crippen molar-refractivity contribution < 1.29 is 9.84 Å². The second-order valence-corrected chi connectivity index (χ2v) is 2.74. The monoisotopic (exact) mass is 146 g/mol. The number of hydrogen-bond acceptors (Lipinski definition) is 2. The predicted molar refractivity (Wildman–Crippen MR) is 42.0 cm³/mol. The van der Waals surface area contributed by atoms with Gasteiger partial charge in [0.05, 0.1) is 6.10 Å². The van der Waals surface area contributed by atoms with E-state index in [-0.39, 0.29) is 12.7 Å². The Morgan fingerprint density at radius 2 is 2.10 bits per heavy atom. The van der Waals surface area contributed by atoms with Gasteiger partial charge in [0.1, 0.15) is 0 Å². The van der Waals surface area contributed by atoms with Gasteiger partial charge in [0.25, 0.3) is 0 Å². The van der Waals surface area contributed by atoms with E-state index >= 15 is 0 Å². The quantitative estimate of drug-likeness (QED) is 0.635. The van der Waals surface area contributed by atoms with Crippen molar-refractivity contribution >= 4 is 0 Å². The summed E-state index contributed by atoms with van der Waals surface area (Å²) in [6, 6.07) is 0. The predicted octanol–water partition coefficient (Wildman–Crippen LogP) is 1.43. The Labute approximate surface area is 63.2 Å². The van der Waals surface area contributed by atoms with Crippen molar-refractivity contribution in [1.82, 2.24) is 0 Å². The number of ether oxygens (including phenoxy) is 1. The Kier molecular flexibility index (Phi) is 5.64. The molecule has 10 heavy (non-hydrogen) atoms. The van der Waals surface area contributed by atoms with Crippen LogP contribution >= 0.6 is 0 Å². The van der Waals surface area contributed by atoms with Gasteiger partial charge in [0.15, 0.2) is 0 Å². The van der Waals surface area contributed by atoms with Crippen molar-refractivity contribution in [3.63, 3.8) is 0 Å². The van der Waals surface area contributed by atoms with Gasteiger partial charge in [-0.15, -0.1) is 0 Å². The van der Waals surface area contributed by atoms with E-state index in [4.69, 9.17) is 9.84 Å². The van der Waals surface area contributed by atoms with Crippen molar-refractivity contribution in [3.8, 4) is 0 Å². The summed E-state index contributed by atoms with van der Waals surface area (Å²) in [4.78, 5) is 0. The molecule has 1 N–H and O–H groups in total. The fourth-order valence-electron chi connectivity index (χ4n) is 0.936. The van der Waals surface area contributed by atoms with Gasteiger partial charge in [-0.1, -0.05) is 13.3 Å².